The number of carboxylic acid groups (broad SMARTS) is 1. The van der Waals surface area contributed by atoms with Crippen molar-refractivity contribution in [3.05, 3.63) is 41.4 Å². The lowest BCUT2D eigenvalue weighted by atomic mass is 9.86. The minimum atomic E-state index is -5.09. The molecule has 2 aromatic rings. The minimum Gasteiger partial charge on any atom is -0.472 e. The smallest absolute Gasteiger partial charge is 0.408 e. The summed E-state index contributed by atoms with van der Waals surface area (Å²) in [4.78, 5) is 61.0. The van der Waals surface area contributed by atoms with E-state index in [1.165, 1.54) is 19.1 Å². The molecular weight excluding hydrogens is 833 g/mol. The van der Waals surface area contributed by atoms with E-state index in [4.69, 9.17) is 21.1 Å². The molecule has 2 aliphatic carbocycles. The maximum Gasteiger partial charge on any atom is 0.408 e. The van der Waals surface area contributed by atoms with Gasteiger partial charge in [-0.3, -0.25) is 24.0 Å². The van der Waals surface area contributed by atoms with E-state index in [1.54, 1.807) is 31.2 Å². The zero-order valence-corrected chi connectivity index (χ0v) is 33.8. The predicted octanol–water partition coefficient (Wildman–Crippen LogP) is 5.68. The maximum absolute atomic E-state index is 14.9. The van der Waals surface area contributed by atoms with Gasteiger partial charge >= 0.3 is 12.3 Å². The van der Waals surface area contributed by atoms with Crippen LogP contribution in [0.1, 0.15) is 65.7 Å². The van der Waals surface area contributed by atoms with Gasteiger partial charge in [-0.1, -0.05) is 43.7 Å². The summed E-state index contributed by atoms with van der Waals surface area (Å²) in [6.45, 7) is 2.35. The molecule has 1 aromatic heterocycles. The van der Waals surface area contributed by atoms with Crippen molar-refractivity contribution in [2.75, 3.05) is 13.2 Å². The molecule has 1 aromatic carbocycles. The molecule has 2 saturated carbocycles. The van der Waals surface area contributed by atoms with E-state index >= 15 is 0 Å². The van der Waals surface area contributed by atoms with Crippen molar-refractivity contribution in [1.29, 1.82) is 0 Å². The number of nitrogens with one attached hydrogen (secondary N) is 2. The lowest BCUT2D eigenvalue weighted by molar-refractivity contribution is -0.184. The van der Waals surface area contributed by atoms with Crippen LogP contribution >= 0.6 is 11.6 Å². The van der Waals surface area contributed by atoms with Crippen LogP contribution in [0.3, 0.4) is 0 Å². The van der Waals surface area contributed by atoms with Gasteiger partial charge in [-0.25, -0.2) is 22.0 Å². The fourth-order valence-electron chi connectivity index (χ4n) is 8.01. The van der Waals surface area contributed by atoms with Gasteiger partial charge in [0.2, 0.25) is 33.6 Å². The summed E-state index contributed by atoms with van der Waals surface area (Å²) in [6, 6.07) is -0.273. The lowest BCUT2D eigenvalue weighted by Gasteiger charge is -2.40. The van der Waals surface area contributed by atoms with Crippen molar-refractivity contribution in [1.82, 2.24) is 24.8 Å². The lowest BCUT2D eigenvalue weighted by Crippen LogP contribution is -2.62. The second-order valence-corrected chi connectivity index (χ2v) is 18.3. The second kappa shape index (κ2) is 16.9. The summed E-state index contributed by atoms with van der Waals surface area (Å²) in [6.07, 6.45) is -6.40. The monoisotopic (exact) mass is 877 g/mol. The Balaban J connectivity index is 1.42. The summed E-state index contributed by atoms with van der Waals surface area (Å²) >= 11 is 6.41. The number of halogens is 6. The number of pyridine rings is 1. The molecule has 6 rings (SSSR count). The van der Waals surface area contributed by atoms with Gasteiger partial charge in [0.05, 0.1) is 11.8 Å². The molecule has 0 radical (unpaired) electrons. The summed E-state index contributed by atoms with van der Waals surface area (Å²) < 4.78 is 108. The van der Waals surface area contributed by atoms with Crippen LogP contribution in [0, 0.1) is 17.8 Å². The Morgan fingerprint density at radius 2 is 1.86 bits per heavy atom. The molecule has 59 heavy (non-hydrogen) atoms. The Kier molecular flexibility index (Phi) is 12.6. The van der Waals surface area contributed by atoms with Gasteiger partial charge in [-0.15, -0.1) is 0 Å². The molecule has 14 nitrogen and oxygen atoms in total. The third kappa shape index (κ3) is 9.63. The number of ether oxygens (including phenoxy) is 2. The molecule has 3 heterocycles. The Labute approximate surface area is 341 Å². The summed E-state index contributed by atoms with van der Waals surface area (Å²) in [7, 11) is -4.07. The highest BCUT2D eigenvalue weighted by Gasteiger charge is 2.62. The van der Waals surface area contributed by atoms with Crippen LogP contribution in [0.4, 0.5) is 26.7 Å². The highest BCUT2D eigenvalue weighted by atomic mass is 35.5. The minimum absolute atomic E-state index is 0.00493. The number of allylic oxidation sites excluding steroid dienone is 1. The Hall–Kier alpha value is -4.46. The van der Waals surface area contributed by atoms with E-state index in [0.717, 1.165) is 4.90 Å². The topological polar surface area (TPSA) is 185 Å². The molecule has 3 N–H and O–H groups in total. The Morgan fingerprint density at radius 3 is 2.51 bits per heavy atom. The molecule has 0 spiro atoms. The largest absolute Gasteiger partial charge is 0.472 e. The van der Waals surface area contributed by atoms with Crippen molar-refractivity contribution in [3.63, 3.8) is 0 Å². The van der Waals surface area contributed by atoms with E-state index in [0.29, 0.717) is 32.6 Å². The fraction of sp³-hybridized carbons (Fsp3) is 0.605. The molecule has 4 amide bonds. The van der Waals surface area contributed by atoms with E-state index < -0.39 is 106 Å². The Morgan fingerprint density at radius 1 is 1.15 bits per heavy atom. The number of hydrogen-bond donors (Lipinski definition) is 3. The van der Waals surface area contributed by atoms with Crippen LogP contribution in [0.5, 0.6) is 11.8 Å². The van der Waals surface area contributed by atoms with Gasteiger partial charge in [0.25, 0.3) is 12.3 Å². The zero-order chi connectivity index (χ0) is 43.2. The summed E-state index contributed by atoms with van der Waals surface area (Å²) in [5.74, 6) is -5.52. The van der Waals surface area contributed by atoms with Crippen LogP contribution in [-0.4, -0.2) is 113 Å². The van der Waals surface area contributed by atoms with Gasteiger partial charge in [-0.2, -0.15) is 18.2 Å². The number of sulfonamides is 1. The third-order valence-electron chi connectivity index (χ3n) is 11.4. The van der Waals surface area contributed by atoms with Gasteiger partial charge in [0.1, 0.15) is 29.8 Å². The quantitative estimate of drug-likeness (QED) is 0.198. The van der Waals surface area contributed by atoms with E-state index in [9.17, 15) is 54.7 Å². The average Bonchev–Trinajstić information content (AvgIpc) is 4.07. The van der Waals surface area contributed by atoms with Crippen molar-refractivity contribution in [2.45, 2.75) is 113 Å². The zero-order valence-electron chi connectivity index (χ0n) is 32.3. The molecule has 21 heteroatoms. The number of alkyl halides is 5. The number of benzene rings is 1. The first kappa shape index (κ1) is 44.1. The van der Waals surface area contributed by atoms with Gasteiger partial charge in [0.15, 0.2) is 6.61 Å². The standard InChI is InChI=1S/C38H45ClF5N5O9S/c1-19-7-4-5-8-22-16-37(22,35(52)47-59(55,56)24-11-12-24)46-32(50)28-14-23(58-33-25-9-6-10-27(39)26(25)15-30(45-33)57-18-29(40)41)17-48(28)34(51)31(20(2)13-19)49(36(53)54)21(3)38(42,43)44/h5-6,8-10,15,19-24,28-29,31H,4,7,11-14,16-18H2,1-3H3,(H,46,50)(H,47,52)(H,53,54)/b8-5-/t19-,20+,21+,22+,23+,28-,31-,37+/m0/s1. The molecule has 4 aliphatic rings. The molecule has 3 fully saturated rings. The number of rotatable bonds is 10. The van der Waals surface area contributed by atoms with Crippen LogP contribution in [0.25, 0.3) is 10.8 Å². The van der Waals surface area contributed by atoms with Crippen LogP contribution in [0.2, 0.25) is 5.02 Å². The highest BCUT2D eigenvalue weighted by molar-refractivity contribution is 7.91. The first-order chi connectivity index (χ1) is 27.6. The number of hydrogen-bond acceptors (Lipinski definition) is 9. The first-order valence-corrected chi connectivity index (χ1v) is 21.2. The SMILES string of the molecule is C[C@H]1CC/C=C\[C@@H]2C[C@@]2(C(=O)NS(=O)(=O)C2CC2)NC(=O)[C@@H]2C[C@@H](Oc3nc(OCC(F)F)cc4c(Cl)cccc34)CN2C(=O)[C@@H](N(C(=O)O)[C@H](C)C(F)(F)F)[C@H](C)C1. The predicted molar refractivity (Wildman–Crippen MR) is 202 cm³/mol. The first-order valence-electron chi connectivity index (χ1n) is 19.2. The molecule has 8 atom stereocenters. The highest BCUT2D eigenvalue weighted by Crippen LogP contribution is 2.46. The van der Waals surface area contributed by atoms with Crippen LogP contribution in [-0.2, 0) is 24.4 Å². The van der Waals surface area contributed by atoms with Gasteiger partial charge < -0.3 is 24.8 Å². The van der Waals surface area contributed by atoms with E-state index in [1.807, 2.05) is 0 Å². The molecular formula is C38H45ClF5N5O9S. The molecule has 324 valence electrons. The summed E-state index contributed by atoms with van der Waals surface area (Å²) in [5, 5.41) is 12.9. The Bertz CT molecular complexity index is 2110. The number of carbonyl (C=O) groups excluding carboxylic acids is 3. The van der Waals surface area contributed by atoms with Crippen molar-refractivity contribution in [2.24, 2.45) is 17.8 Å². The third-order valence-corrected chi connectivity index (χ3v) is 13.5. The molecule has 0 unspecified atom stereocenters. The fourth-order valence-corrected chi connectivity index (χ4v) is 9.60. The van der Waals surface area contributed by atoms with E-state index in [-0.39, 0.29) is 57.6 Å². The molecule has 2 aliphatic heterocycles. The number of aromatic nitrogens is 1. The van der Waals surface area contributed by atoms with Gasteiger partial charge in [-0.05, 0) is 69.4 Å². The molecule has 0 bridgehead atoms. The van der Waals surface area contributed by atoms with Crippen molar-refractivity contribution in [3.8, 4) is 11.8 Å². The van der Waals surface area contributed by atoms with Crippen LogP contribution in [0.15, 0.2) is 36.4 Å². The number of carbonyl (C=O) groups is 4. The normalized spacial score (nSPS) is 29.0. The van der Waals surface area contributed by atoms with Crippen LogP contribution < -0.4 is 19.5 Å². The maximum atomic E-state index is 14.9. The van der Waals surface area contributed by atoms with Crippen molar-refractivity contribution >= 4 is 56.2 Å². The van der Waals surface area contributed by atoms with E-state index in [2.05, 4.69) is 15.0 Å². The second-order valence-electron chi connectivity index (χ2n) is 15.9. The van der Waals surface area contributed by atoms with Gasteiger partial charge in [0, 0.05) is 34.2 Å². The molecule has 1 saturated heterocycles. The summed E-state index contributed by atoms with van der Waals surface area (Å²) in [5.41, 5.74) is -1.77. The number of fused-ring (bicyclic) bond motifs is 3. The average molecular weight is 878 g/mol. The number of amides is 4. The number of nitrogens with zero attached hydrogens (tertiary/aromatic N) is 3. The van der Waals surface area contributed by atoms with Crippen molar-refractivity contribution < 1.29 is 64.1 Å².